The van der Waals surface area contributed by atoms with E-state index in [1.165, 1.54) is 38.5 Å². The Morgan fingerprint density at radius 2 is 2.04 bits per heavy atom. The van der Waals surface area contributed by atoms with E-state index in [1.807, 2.05) is 30.5 Å². The predicted molar refractivity (Wildman–Crippen MR) is 105 cm³/mol. The predicted octanol–water partition coefficient (Wildman–Crippen LogP) is 4.47. The quantitative estimate of drug-likeness (QED) is 0.516. The maximum absolute atomic E-state index is 10.7. The van der Waals surface area contributed by atoms with Gasteiger partial charge in [0.15, 0.2) is 0 Å². The Hall–Kier alpha value is -2.89. The van der Waals surface area contributed by atoms with Crippen LogP contribution in [0.15, 0.2) is 42.7 Å². The normalized spacial score (nSPS) is 15.4. The van der Waals surface area contributed by atoms with E-state index in [2.05, 4.69) is 20.9 Å². The first-order valence-electron chi connectivity index (χ1n) is 9.60. The van der Waals surface area contributed by atoms with Crippen molar-refractivity contribution in [2.45, 2.75) is 51.1 Å². The first-order chi connectivity index (χ1) is 13.3. The van der Waals surface area contributed by atoms with Crippen molar-refractivity contribution >= 4 is 23.5 Å². The van der Waals surface area contributed by atoms with Crippen LogP contribution < -0.4 is 10.1 Å². The minimum Gasteiger partial charge on any atom is -0.429 e. The number of aromatic nitrogens is 3. The lowest BCUT2D eigenvalue weighted by atomic mass is 10.1. The summed E-state index contributed by atoms with van der Waals surface area (Å²) in [6.45, 7) is 1.12. The van der Waals surface area contributed by atoms with Crippen molar-refractivity contribution in [1.82, 2.24) is 14.5 Å². The van der Waals surface area contributed by atoms with Crippen LogP contribution in [0.25, 0.3) is 11.0 Å². The van der Waals surface area contributed by atoms with E-state index in [-0.39, 0.29) is 0 Å². The molecule has 1 aliphatic carbocycles. The molecule has 27 heavy (non-hydrogen) atoms. The molecule has 1 aromatic carbocycles. The second kappa shape index (κ2) is 8.20. The van der Waals surface area contributed by atoms with Gasteiger partial charge in [-0.15, -0.1) is 0 Å². The zero-order chi connectivity index (χ0) is 18.5. The lowest BCUT2D eigenvalue weighted by molar-refractivity contribution is -0.120. The summed E-state index contributed by atoms with van der Waals surface area (Å²) in [6, 6.07) is 10.1. The fourth-order valence-corrected chi connectivity index (χ4v) is 3.90. The molecule has 140 valence electrons. The minimum absolute atomic E-state index is 0.437. The van der Waals surface area contributed by atoms with Crippen molar-refractivity contribution < 1.29 is 9.53 Å². The topological polar surface area (TPSA) is 69.0 Å². The summed E-state index contributed by atoms with van der Waals surface area (Å²) < 4.78 is 7.33. The molecule has 0 saturated heterocycles. The molecule has 0 unspecified atom stereocenters. The Morgan fingerprint density at radius 3 is 2.78 bits per heavy atom. The first kappa shape index (κ1) is 17.5. The molecule has 1 saturated carbocycles. The number of hydrogen-bond donors (Lipinski definition) is 1. The Kier molecular flexibility index (Phi) is 5.32. The first-order valence-corrected chi connectivity index (χ1v) is 9.60. The Morgan fingerprint density at radius 1 is 1.19 bits per heavy atom. The number of benzene rings is 1. The molecular weight excluding hydrogens is 340 g/mol. The molecular formula is C21H24N4O2. The molecule has 0 radical (unpaired) electrons. The molecule has 0 aliphatic heterocycles. The average Bonchev–Trinajstić information content (AvgIpc) is 2.86. The van der Waals surface area contributed by atoms with E-state index < -0.39 is 0 Å². The van der Waals surface area contributed by atoms with Crippen molar-refractivity contribution in [2.24, 2.45) is 0 Å². The molecule has 2 heterocycles. The molecule has 0 spiro atoms. The molecule has 2 aromatic heterocycles. The summed E-state index contributed by atoms with van der Waals surface area (Å²) in [5.41, 5.74) is 3.03. The van der Waals surface area contributed by atoms with Crippen LogP contribution in [0.4, 0.5) is 5.95 Å². The lowest BCUT2D eigenvalue weighted by Crippen LogP contribution is -2.13. The molecule has 0 atom stereocenters. The fourth-order valence-electron chi connectivity index (χ4n) is 3.90. The maximum atomic E-state index is 10.7. The van der Waals surface area contributed by atoms with E-state index in [0.29, 0.717) is 24.8 Å². The van der Waals surface area contributed by atoms with E-state index >= 15 is 0 Å². The summed E-state index contributed by atoms with van der Waals surface area (Å²) >= 11 is 0. The van der Waals surface area contributed by atoms with Gasteiger partial charge in [0.25, 0.3) is 6.47 Å². The van der Waals surface area contributed by atoms with Crippen LogP contribution in [0.3, 0.4) is 0 Å². The molecule has 6 nitrogen and oxygen atoms in total. The van der Waals surface area contributed by atoms with Gasteiger partial charge in [0, 0.05) is 31.0 Å². The second-order valence-electron chi connectivity index (χ2n) is 7.03. The summed E-state index contributed by atoms with van der Waals surface area (Å²) in [5.74, 6) is 1.38. The van der Waals surface area contributed by atoms with Crippen molar-refractivity contribution in [3.8, 4) is 5.75 Å². The molecule has 1 aliphatic rings. The lowest BCUT2D eigenvalue weighted by Gasteiger charge is -2.20. The summed E-state index contributed by atoms with van der Waals surface area (Å²) in [5, 5.41) is 3.49. The van der Waals surface area contributed by atoms with Crippen LogP contribution in [0, 0.1) is 0 Å². The SMILES string of the molecule is O=COc1ccc2c(c1)nc(NCc1cccnc1)n2C1CCCCCC1. The van der Waals surface area contributed by atoms with Crippen LogP contribution in [0.5, 0.6) is 5.75 Å². The average molecular weight is 364 g/mol. The highest BCUT2D eigenvalue weighted by molar-refractivity contribution is 5.81. The number of anilines is 1. The van der Waals surface area contributed by atoms with Crippen molar-refractivity contribution in [2.75, 3.05) is 5.32 Å². The van der Waals surface area contributed by atoms with E-state index in [4.69, 9.17) is 9.72 Å². The van der Waals surface area contributed by atoms with Crippen LogP contribution in [-0.4, -0.2) is 21.0 Å². The number of pyridine rings is 1. The monoisotopic (exact) mass is 364 g/mol. The van der Waals surface area contributed by atoms with Gasteiger partial charge in [0.1, 0.15) is 5.75 Å². The Balaban J connectivity index is 1.70. The van der Waals surface area contributed by atoms with E-state index in [9.17, 15) is 4.79 Å². The molecule has 1 N–H and O–H groups in total. The van der Waals surface area contributed by atoms with E-state index in [0.717, 1.165) is 22.5 Å². The standard InChI is InChI=1S/C21H24N4O2/c26-15-27-18-9-10-20-19(12-18)24-21(23-14-16-6-5-11-22-13-16)25(20)17-7-3-1-2-4-8-17/h5-6,9-13,15,17H,1-4,7-8,14H2,(H,23,24). The summed E-state index contributed by atoms with van der Waals surface area (Å²) in [4.78, 5) is 19.7. The highest BCUT2D eigenvalue weighted by Gasteiger charge is 2.21. The number of hydrogen-bond acceptors (Lipinski definition) is 5. The molecule has 0 bridgehead atoms. The number of carbonyl (C=O) groups is 1. The van der Waals surface area contributed by atoms with Gasteiger partial charge in [-0.05, 0) is 36.6 Å². The number of nitrogens with one attached hydrogen (secondary N) is 1. The minimum atomic E-state index is 0.437. The number of fused-ring (bicyclic) bond motifs is 1. The van der Waals surface area contributed by atoms with Gasteiger partial charge >= 0.3 is 0 Å². The number of rotatable bonds is 6. The second-order valence-corrected chi connectivity index (χ2v) is 7.03. The molecule has 1 fully saturated rings. The molecule has 0 amide bonds. The van der Waals surface area contributed by atoms with Crippen LogP contribution >= 0.6 is 0 Å². The zero-order valence-corrected chi connectivity index (χ0v) is 15.3. The number of ether oxygens (including phenoxy) is 1. The largest absolute Gasteiger partial charge is 0.429 e. The highest BCUT2D eigenvalue weighted by atomic mass is 16.5. The van der Waals surface area contributed by atoms with Gasteiger partial charge < -0.3 is 14.6 Å². The van der Waals surface area contributed by atoms with Gasteiger partial charge in [-0.2, -0.15) is 0 Å². The highest BCUT2D eigenvalue weighted by Crippen LogP contribution is 2.34. The van der Waals surface area contributed by atoms with Gasteiger partial charge in [-0.1, -0.05) is 31.7 Å². The van der Waals surface area contributed by atoms with Gasteiger partial charge in [0.05, 0.1) is 11.0 Å². The molecule has 4 rings (SSSR count). The Bertz CT molecular complexity index is 899. The number of imidazole rings is 1. The van der Waals surface area contributed by atoms with Crippen LogP contribution in [0.2, 0.25) is 0 Å². The summed E-state index contributed by atoms with van der Waals surface area (Å²) in [7, 11) is 0. The fraction of sp³-hybridized carbons (Fsp3) is 0.381. The summed E-state index contributed by atoms with van der Waals surface area (Å²) in [6.07, 6.45) is 11.1. The molecule has 6 heteroatoms. The Labute approximate surface area is 158 Å². The van der Waals surface area contributed by atoms with Crippen molar-refractivity contribution in [3.05, 3.63) is 48.3 Å². The third-order valence-corrected chi connectivity index (χ3v) is 5.21. The van der Waals surface area contributed by atoms with Crippen molar-refractivity contribution in [1.29, 1.82) is 0 Å². The number of nitrogens with zero attached hydrogens (tertiary/aromatic N) is 3. The number of carbonyl (C=O) groups excluding carboxylic acids is 1. The van der Waals surface area contributed by atoms with Gasteiger partial charge in [-0.3, -0.25) is 9.78 Å². The third-order valence-electron chi connectivity index (χ3n) is 5.21. The maximum Gasteiger partial charge on any atom is 0.298 e. The zero-order valence-electron chi connectivity index (χ0n) is 15.3. The van der Waals surface area contributed by atoms with Crippen LogP contribution in [0.1, 0.15) is 50.1 Å². The van der Waals surface area contributed by atoms with Gasteiger partial charge in [0.2, 0.25) is 5.95 Å². The molecule has 3 aromatic rings. The van der Waals surface area contributed by atoms with Crippen LogP contribution in [-0.2, 0) is 11.3 Å². The van der Waals surface area contributed by atoms with E-state index in [1.54, 1.807) is 6.20 Å². The van der Waals surface area contributed by atoms with Gasteiger partial charge in [-0.25, -0.2) is 4.98 Å². The van der Waals surface area contributed by atoms with Crippen molar-refractivity contribution in [3.63, 3.8) is 0 Å². The third kappa shape index (κ3) is 3.94. The smallest absolute Gasteiger partial charge is 0.298 e.